The third kappa shape index (κ3) is 3.89. The molecule has 0 bridgehead atoms. The second-order valence-electron chi connectivity index (χ2n) is 9.50. The molecule has 0 saturated carbocycles. The molecule has 0 spiro atoms. The normalized spacial score (nSPS) is 16.8. The molecule has 1 atom stereocenters. The van der Waals surface area contributed by atoms with Gasteiger partial charge in [0.25, 0.3) is 5.56 Å². The zero-order chi connectivity index (χ0) is 28.1. The standard InChI is InChI=1S/C31H25NO8/c1-32-22-14-18(36-2)9-8-16(22)12-21(31(32)35)20-15-26(33)39-23-11-10-19-28(34)25(40-30(19)27(20)23)13-17-6-5-7-24(37-3)29(17)38-4/h5-14,20H,15H2,1-4H3. The van der Waals surface area contributed by atoms with Gasteiger partial charge in [0.1, 0.15) is 17.2 Å². The molecule has 0 aliphatic carbocycles. The fraction of sp³-hybridized carbons (Fsp3) is 0.194. The second kappa shape index (κ2) is 9.60. The molecule has 2 aliphatic heterocycles. The highest BCUT2D eigenvalue weighted by Crippen LogP contribution is 2.49. The SMILES string of the molecule is COc1ccc2cc(C3CC(=O)Oc4ccc5c(c43)OC(=Cc3cccc(OC)c3OC)C5=O)c(=O)n(C)c2c1. The molecular weight excluding hydrogens is 514 g/mol. The molecule has 0 fully saturated rings. The number of Topliss-reactive ketones (excluding diaryl/α,β-unsaturated/α-hetero) is 1. The Bertz CT molecular complexity index is 1820. The van der Waals surface area contributed by atoms with Crippen LogP contribution in [0, 0.1) is 0 Å². The summed E-state index contributed by atoms with van der Waals surface area (Å²) in [4.78, 5) is 39.7. The van der Waals surface area contributed by atoms with E-state index in [4.69, 9.17) is 23.7 Å². The first-order valence-electron chi connectivity index (χ1n) is 12.5. The Morgan fingerprint density at radius 1 is 0.925 bits per heavy atom. The number of nitrogens with zero attached hydrogens (tertiary/aromatic N) is 1. The van der Waals surface area contributed by atoms with Gasteiger partial charge in [-0.25, -0.2) is 0 Å². The van der Waals surface area contributed by atoms with Crippen molar-refractivity contribution >= 4 is 28.7 Å². The molecule has 9 heteroatoms. The van der Waals surface area contributed by atoms with Crippen molar-refractivity contribution in [2.45, 2.75) is 12.3 Å². The highest BCUT2D eigenvalue weighted by Gasteiger charge is 2.39. The van der Waals surface area contributed by atoms with E-state index in [9.17, 15) is 14.4 Å². The topological polar surface area (TPSA) is 102 Å². The molecule has 0 N–H and O–H groups in total. The molecule has 4 aromatic rings. The molecule has 3 aromatic carbocycles. The van der Waals surface area contributed by atoms with E-state index >= 15 is 0 Å². The van der Waals surface area contributed by atoms with Crippen molar-refractivity contribution in [3.63, 3.8) is 0 Å². The number of para-hydroxylation sites is 1. The largest absolute Gasteiger partial charge is 0.497 e. The quantitative estimate of drug-likeness (QED) is 0.206. The van der Waals surface area contributed by atoms with Gasteiger partial charge in [-0.15, -0.1) is 0 Å². The minimum absolute atomic E-state index is 0.0733. The first kappa shape index (κ1) is 25.2. The van der Waals surface area contributed by atoms with Crippen molar-refractivity contribution in [3.05, 3.63) is 93.0 Å². The maximum Gasteiger partial charge on any atom is 0.312 e. The number of carbonyl (C=O) groups is 2. The summed E-state index contributed by atoms with van der Waals surface area (Å²) in [5.74, 6) is 0.684. The Morgan fingerprint density at radius 3 is 2.50 bits per heavy atom. The van der Waals surface area contributed by atoms with Gasteiger partial charge in [-0.2, -0.15) is 0 Å². The Labute approximate surface area is 229 Å². The smallest absolute Gasteiger partial charge is 0.312 e. The van der Waals surface area contributed by atoms with E-state index in [1.165, 1.54) is 18.8 Å². The monoisotopic (exact) mass is 539 g/mol. The molecule has 0 radical (unpaired) electrons. The van der Waals surface area contributed by atoms with E-state index in [0.29, 0.717) is 45.0 Å². The van der Waals surface area contributed by atoms with Gasteiger partial charge < -0.3 is 28.3 Å². The lowest BCUT2D eigenvalue weighted by Gasteiger charge is -2.26. The van der Waals surface area contributed by atoms with Crippen molar-refractivity contribution in [1.82, 2.24) is 4.57 Å². The fourth-order valence-electron chi connectivity index (χ4n) is 5.38. The van der Waals surface area contributed by atoms with Crippen LogP contribution >= 0.6 is 0 Å². The summed E-state index contributed by atoms with van der Waals surface area (Å²) in [6.07, 6.45) is 1.50. The average Bonchev–Trinajstić information content (AvgIpc) is 3.28. The predicted molar refractivity (Wildman–Crippen MR) is 147 cm³/mol. The molecule has 1 aromatic heterocycles. The van der Waals surface area contributed by atoms with Gasteiger partial charge in [-0.05, 0) is 47.9 Å². The number of allylic oxidation sites excluding steroid dienone is 1. The van der Waals surface area contributed by atoms with Gasteiger partial charge in [-0.1, -0.05) is 12.1 Å². The van der Waals surface area contributed by atoms with Crippen molar-refractivity contribution in [2.75, 3.05) is 21.3 Å². The number of carbonyl (C=O) groups excluding carboxylic acids is 2. The molecule has 202 valence electrons. The molecule has 1 unspecified atom stereocenters. The first-order chi connectivity index (χ1) is 19.3. The Balaban J connectivity index is 1.50. The van der Waals surface area contributed by atoms with Crippen LogP contribution in [-0.2, 0) is 11.8 Å². The lowest BCUT2D eigenvalue weighted by Crippen LogP contribution is -2.29. The highest BCUT2D eigenvalue weighted by molar-refractivity contribution is 6.15. The van der Waals surface area contributed by atoms with Gasteiger partial charge in [0, 0.05) is 35.7 Å². The van der Waals surface area contributed by atoms with Crippen molar-refractivity contribution < 1.29 is 33.3 Å². The van der Waals surface area contributed by atoms with Crippen LogP contribution in [0.4, 0.5) is 0 Å². The van der Waals surface area contributed by atoms with Crippen molar-refractivity contribution in [2.24, 2.45) is 7.05 Å². The molecule has 0 amide bonds. The summed E-state index contributed by atoms with van der Waals surface area (Å²) >= 11 is 0. The number of benzene rings is 3. The van der Waals surface area contributed by atoms with Gasteiger partial charge in [-0.3, -0.25) is 14.4 Å². The number of ketones is 1. The zero-order valence-electron chi connectivity index (χ0n) is 22.3. The van der Waals surface area contributed by atoms with E-state index in [0.717, 1.165) is 5.39 Å². The van der Waals surface area contributed by atoms with E-state index in [1.807, 2.05) is 12.1 Å². The predicted octanol–water partition coefficient (Wildman–Crippen LogP) is 4.62. The van der Waals surface area contributed by atoms with Crippen LogP contribution in [0.25, 0.3) is 17.0 Å². The summed E-state index contributed by atoms with van der Waals surface area (Å²) in [7, 11) is 6.28. The number of methoxy groups -OCH3 is 3. The molecule has 0 saturated heterocycles. The molecule has 40 heavy (non-hydrogen) atoms. The van der Waals surface area contributed by atoms with Crippen molar-refractivity contribution in [3.8, 4) is 28.7 Å². The summed E-state index contributed by atoms with van der Waals surface area (Å²) in [5.41, 5.74) is 2.20. The number of aryl methyl sites for hydroxylation is 1. The Hall–Kier alpha value is -5.05. The van der Waals surface area contributed by atoms with E-state index < -0.39 is 11.9 Å². The third-order valence-electron chi connectivity index (χ3n) is 7.34. The third-order valence-corrected chi connectivity index (χ3v) is 7.34. The first-order valence-corrected chi connectivity index (χ1v) is 12.5. The summed E-state index contributed by atoms with van der Waals surface area (Å²) in [6, 6.07) is 15.7. The number of hydrogen-bond donors (Lipinski definition) is 0. The average molecular weight is 540 g/mol. The Kier molecular flexibility index (Phi) is 6.06. The maximum absolute atomic E-state index is 13.6. The number of fused-ring (bicyclic) bond motifs is 4. The Morgan fingerprint density at radius 2 is 1.75 bits per heavy atom. The maximum atomic E-state index is 13.6. The van der Waals surface area contributed by atoms with E-state index in [-0.39, 0.29) is 35.0 Å². The summed E-state index contributed by atoms with van der Waals surface area (Å²) < 4.78 is 29.4. The number of esters is 1. The summed E-state index contributed by atoms with van der Waals surface area (Å²) in [5, 5.41) is 0.800. The number of aromatic nitrogens is 1. The lowest BCUT2D eigenvalue weighted by molar-refractivity contribution is -0.135. The molecule has 6 rings (SSSR count). The van der Waals surface area contributed by atoms with Gasteiger partial charge >= 0.3 is 5.97 Å². The van der Waals surface area contributed by atoms with Crippen LogP contribution in [0.15, 0.2) is 65.2 Å². The number of hydrogen-bond acceptors (Lipinski definition) is 8. The number of pyridine rings is 1. The number of rotatable bonds is 5. The lowest BCUT2D eigenvalue weighted by atomic mass is 9.84. The molecule has 9 nitrogen and oxygen atoms in total. The van der Waals surface area contributed by atoms with Crippen LogP contribution < -0.4 is 29.2 Å². The summed E-state index contributed by atoms with van der Waals surface area (Å²) in [6.45, 7) is 0. The van der Waals surface area contributed by atoms with Crippen LogP contribution in [0.2, 0.25) is 0 Å². The van der Waals surface area contributed by atoms with E-state index in [1.54, 1.807) is 62.7 Å². The van der Waals surface area contributed by atoms with E-state index in [2.05, 4.69) is 0 Å². The van der Waals surface area contributed by atoms with Crippen molar-refractivity contribution in [1.29, 1.82) is 0 Å². The van der Waals surface area contributed by atoms with Crippen LogP contribution in [-0.4, -0.2) is 37.6 Å². The van der Waals surface area contributed by atoms with Crippen LogP contribution in [0.5, 0.6) is 28.7 Å². The second-order valence-corrected chi connectivity index (χ2v) is 9.50. The fourth-order valence-corrected chi connectivity index (χ4v) is 5.38. The van der Waals surface area contributed by atoms with Gasteiger partial charge in [0.05, 0.1) is 38.8 Å². The van der Waals surface area contributed by atoms with Crippen LogP contribution in [0.3, 0.4) is 0 Å². The highest BCUT2D eigenvalue weighted by atomic mass is 16.5. The minimum atomic E-state index is -0.685. The molecule has 3 heterocycles. The van der Waals surface area contributed by atoms with Crippen LogP contribution in [0.1, 0.15) is 39.4 Å². The minimum Gasteiger partial charge on any atom is -0.497 e. The van der Waals surface area contributed by atoms with Gasteiger partial charge in [0.15, 0.2) is 17.3 Å². The number of ether oxygens (including phenoxy) is 5. The zero-order valence-corrected chi connectivity index (χ0v) is 22.3. The molecular formula is C31H25NO8. The van der Waals surface area contributed by atoms with Gasteiger partial charge in [0.2, 0.25) is 5.78 Å². The molecule has 2 aliphatic rings.